The van der Waals surface area contributed by atoms with E-state index in [1.165, 1.54) is 0 Å². The lowest BCUT2D eigenvalue weighted by molar-refractivity contribution is 0.0521. The van der Waals surface area contributed by atoms with E-state index in [0.717, 1.165) is 42.8 Å². The van der Waals surface area contributed by atoms with Gasteiger partial charge in [0.15, 0.2) is 0 Å². The summed E-state index contributed by atoms with van der Waals surface area (Å²) in [5, 5.41) is 22.1. The van der Waals surface area contributed by atoms with Gasteiger partial charge in [0.2, 0.25) is 10.9 Å². The van der Waals surface area contributed by atoms with Crippen molar-refractivity contribution < 1.29 is 13.2 Å². The highest BCUT2D eigenvalue weighted by atomic mass is 32.2. The predicted molar refractivity (Wildman–Crippen MR) is 103 cm³/mol. The topological polar surface area (TPSA) is 114 Å². The number of carbonyl (C=O) groups is 1. The molecule has 1 amide bonds. The van der Waals surface area contributed by atoms with Crippen LogP contribution < -0.4 is 9.62 Å². The van der Waals surface area contributed by atoms with Crippen LogP contribution in [0, 0.1) is 28.1 Å². The summed E-state index contributed by atoms with van der Waals surface area (Å²) < 4.78 is 25.0. The van der Waals surface area contributed by atoms with Crippen LogP contribution >= 0.6 is 0 Å². The van der Waals surface area contributed by atoms with Gasteiger partial charge in [-0.25, -0.2) is 8.42 Å². The number of carbonyl (C=O) groups excluding carboxylic acids is 1. The van der Waals surface area contributed by atoms with Gasteiger partial charge in [-0.15, -0.1) is 0 Å². The van der Waals surface area contributed by atoms with E-state index in [9.17, 15) is 23.7 Å². The van der Waals surface area contributed by atoms with Gasteiger partial charge in [0.1, 0.15) is 5.54 Å². The first kappa shape index (κ1) is 18.8. The minimum Gasteiger partial charge on any atom is -0.347 e. The molecule has 0 radical (unpaired) electrons. The van der Waals surface area contributed by atoms with Gasteiger partial charge in [-0.1, -0.05) is 12.1 Å². The Kier molecular flexibility index (Phi) is 4.35. The number of hydrogen-bond acceptors (Lipinski definition) is 5. The molecule has 0 aliphatic heterocycles. The van der Waals surface area contributed by atoms with Gasteiger partial charge in [-0.2, -0.15) is 10.5 Å². The maximum absolute atomic E-state index is 13.1. The number of amides is 1. The fourth-order valence-corrected chi connectivity index (χ4v) is 5.57. The predicted octanol–water partition coefficient (Wildman–Crippen LogP) is 2.42. The average Bonchev–Trinajstić information content (AvgIpc) is 3.50. The lowest BCUT2D eigenvalue weighted by atomic mass is 9.58. The Morgan fingerprint density at radius 3 is 2.07 bits per heavy atom. The van der Waals surface area contributed by atoms with E-state index < -0.39 is 16.4 Å². The highest BCUT2D eigenvalue weighted by molar-refractivity contribution is 7.74. The Morgan fingerprint density at radius 2 is 1.57 bits per heavy atom. The largest absolute Gasteiger partial charge is 0.347 e. The third kappa shape index (κ3) is 2.93. The molecule has 1 aromatic rings. The second-order valence-corrected chi connectivity index (χ2v) is 9.21. The van der Waals surface area contributed by atoms with E-state index in [1.54, 1.807) is 24.3 Å². The first-order valence-electron chi connectivity index (χ1n) is 9.57. The molecule has 0 unspecified atom stereocenters. The van der Waals surface area contributed by atoms with Gasteiger partial charge < -0.3 is 5.32 Å². The molecule has 4 aliphatic rings. The van der Waals surface area contributed by atoms with Gasteiger partial charge >= 0.3 is 0 Å². The molecule has 5 rings (SSSR count). The molecule has 7 nitrogen and oxygen atoms in total. The molecule has 4 saturated carbocycles. The zero-order valence-corrected chi connectivity index (χ0v) is 16.4. The minimum atomic E-state index is -3.05. The van der Waals surface area contributed by atoms with E-state index in [4.69, 9.17) is 0 Å². The zero-order valence-electron chi connectivity index (χ0n) is 15.5. The van der Waals surface area contributed by atoms with Crippen LogP contribution in [0.4, 0.5) is 5.69 Å². The van der Waals surface area contributed by atoms with E-state index >= 15 is 0 Å². The first-order valence-corrected chi connectivity index (χ1v) is 10.7. The van der Waals surface area contributed by atoms with Crippen LogP contribution in [0.5, 0.6) is 0 Å². The van der Waals surface area contributed by atoms with Crippen LogP contribution in [0.2, 0.25) is 0 Å². The summed E-state index contributed by atoms with van der Waals surface area (Å²) >= 11 is 0. The van der Waals surface area contributed by atoms with Gasteiger partial charge in [-0.3, -0.25) is 9.10 Å². The number of rotatable bonds is 5. The molecular weight excluding hydrogens is 376 g/mol. The minimum absolute atomic E-state index is 0.243. The molecule has 1 aromatic carbocycles. The quantitative estimate of drug-likeness (QED) is 0.740. The van der Waals surface area contributed by atoms with Crippen molar-refractivity contribution in [1.82, 2.24) is 5.32 Å². The van der Waals surface area contributed by atoms with Crippen LogP contribution in [-0.4, -0.2) is 25.4 Å². The lowest BCUT2D eigenvalue weighted by Gasteiger charge is -2.50. The third-order valence-corrected chi connectivity index (χ3v) is 7.66. The first-order chi connectivity index (χ1) is 13.4. The van der Waals surface area contributed by atoms with Gasteiger partial charge in [-0.05, 0) is 63.5 Å². The number of hydrogen-bond donors (Lipinski definition) is 2. The number of thiol groups is 1. The Hall–Kier alpha value is -2.58. The summed E-state index contributed by atoms with van der Waals surface area (Å²) in [5.41, 5.74) is -1.14. The lowest BCUT2D eigenvalue weighted by Crippen LogP contribution is -2.56. The van der Waals surface area contributed by atoms with Gasteiger partial charge in [0.05, 0.1) is 28.8 Å². The van der Waals surface area contributed by atoms with Crippen LogP contribution in [0.1, 0.15) is 61.7 Å². The molecule has 0 aromatic heterocycles. The van der Waals surface area contributed by atoms with Gasteiger partial charge in [0.25, 0.3) is 5.91 Å². The molecule has 4 aliphatic carbocycles. The van der Waals surface area contributed by atoms with Crippen LogP contribution in [0.25, 0.3) is 0 Å². The number of nitrogens with zero attached hydrogens (tertiary/aromatic N) is 3. The highest BCUT2D eigenvalue weighted by Crippen LogP contribution is 2.52. The molecule has 1 N–H and O–H groups in total. The van der Waals surface area contributed by atoms with Crippen molar-refractivity contribution in [3.8, 4) is 12.1 Å². The average molecular weight is 398 g/mol. The molecule has 2 bridgehead atoms. The number of nitrogens with one attached hydrogen (secondary N) is 1. The highest BCUT2D eigenvalue weighted by Gasteiger charge is 2.52. The van der Waals surface area contributed by atoms with Crippen LogP contribution in [0.3, 0.4) is 0 Å². The maximum atomic E-state index is 13.1. The van der Waals surface area contributed by atoms with E-state index in [0.29, 0.717) is 12.8 Å². The maximum Gasteiger partial charge on any atom is 0.253 e. The second kappa shape index (κ2) is 6.49. The van der Waals surface area contributed by atoms with E-state index in [-0.39, 0.29) is 28.1 Å². The molecular formula is C20H22N4O3S. The van der Waals surface area contributed by atoms with Crippen molar-refractivity contribution in [3.05, 3.63) is 29.8 Å². The fourth-order valence-electron chi connectivity index (χ4n) is 4.66. The van der Waals surface area contributed by atoms with E-state index in [1.807, 2.05) is 0 Å². The molecule has 8 heteroatoms. The number of nitriles is 2. The fraction of sp³-hybridized carbons (Fsp3) is 0.550. The standard InChI is InChI=1S/C20H22N4O3S/c21-13-18-5-8-19(9-6-18,10-7-18)23-17(25)15-3-1-2-4-16(15)24(28(26)27)20(14-22)11-12-20/h1-4,28H,5-12H2,(H,23,25). The smallest absolute Gasteiger partial charge is 0.253 e. The van der Waals surface area contributed by atoms with Crippen molar-refractivity contribution in [2.75, 3.05) is 4.31 Å². The summed E-state index contributed by atoms with van der Waals surface area (Å²) in [6.45, 7) is 0. The molecule has 146 valence electrons. The third-order valence-electron chi connectivity index (χ3n) is 6.74. The molecule has 0 heterocycles. The summed E-state index contributed by atoms with van der Waals surface area (Å²) in [4.78, 5) is 13.1. The number of anilines is 1. The Labute approximate surface area is 166 Å². The normalized spacial score (nSPS) is 29.5. The van der Waals surface area contributed by atoms with Crippen molar-refractivity contribution in [1.29, 1.82) is 10.5 Å². The monoisotopic (exact) mass is 398 g/mol. The second-order valence-electron chi connectivity index (χ2n) is 8.34. The Balaban J connectivity index is 1.62. The number of benzene rings is 1. The summed E-state index contributed by atoms with van der Waals surface area (Å²) in [6.07, 6.45) is 5.54. The number of fused-ring (bicyclic) bond motifs is 3. The molecule has 4 fully saturated rings. The molecule has 0 saturated heterocycles. The van der Waals surface area contributed by atoms with Crippen molar-refractivity contribution in [2.24, 2.45) is 5.41 Å². The Bertz CT molecular complexity index is 951. The summed E-state index contributed by atoms with van der Waals surface area (Å²) in [6, 6.07) is 11.1. The zero-order chi connectivity index (χ0) is 20.0. The molecule has 0 spiro atoms. The van der Waals surface area contributed by atoms with Crippen LogP contribution in [0.15, 0.2) is 24.3 Å². The number of para-hydroxylation sites is 1. The Morgan fingerprint density at radius 1 is 0.964 bits per heavy atom. The van der Waals surface area contributed by atoms with Crippen molar-refractivity contribution in [2.45, 2.75) is 62.4 Å². The molecule has 28 heavy (non-hydrogen) atoms. The SMILES string of the molecule is N#CC12CCC(NC(=O)c3ccccc3N([SH](=O)=O)C3(C#N)CC3)(CC1)CC2. The van der Waals surface area contributed by atoms with Crippen molar-refractivity contribution >= 4 is 22.5 Å². The molecule has 0 atom stereocenters. The summed E-state index contributed by atoms with van der Waals surface area (Å²) in [7, 11) is -3.05. The van der Waals surface area contributed by atoms with Crippen molar-refractivity contribution in [3.63, 3.8) is 0 Å². The van der Waals surface area contributed by atoms with Crippen LogP contribution in [-0.2, 0) is 10.9 Å². The summed E-state index contributed by atoms with van der Waals surface area (Å²) in [5.74, 6) is -0.322. The van der Waals surface area contributed by atoms with E-state index in [2.05, 4.69) is 17.5 Å². The van der Waals surface area contributed by atoms with Gasteiger partial charge in [0, 0.05) is 5.54 Å².